The lowest BCUT2D eigenvalue weighted by Crippen LogP contribution is -2.61. The molecule has 0 aliphatic heterocycles. The van der Waals surface area contributed by atoms with E-state index in [-0.39, 0.29) is 49.5 Å². The number of rotatable bonds is 28. The van der Waals surface area contributed by atoms with Gasteiger partial charge in [0.05, 0.1) is 12.6 Å². The molecule has 404 valence electrons. The zero-order valence-electron chi connectivity index (χ0n) is 42.4. The monoisotopic (exact) mass is 1040 g/mol. The first-order chi connectivity index (χ1) is 36.4. The van der Waals surface area contributed by atoms with Gasteiger partial charge in [-0.1, -0.05) is 80.9 Å². The molecule has 0 unspecified atom stereocenters. The first-order valence-corrected chi connectivity index (χ1v) is 25.2. The first-order valence-electron chi connectivity index (χ1n) is 25.2. The van der Waals surface area contributed by atoms with Crippen LogP contribution in [0.5, 0.6) is 11.5 Å². The number of phenols is 2. The number of aromatic nitrogens is 2. The maximum absolute atomic E-state index is 14.5. The Hall–Kier alpha value is -8.27. The Morgan fingerprint density at radius 3 is 1.37 bits per heavy atom. The molecular formula is C55H68N10O11. The number of aromatic amines is 2. The normalized spacial score (nSPS) is 14.1. The minimum atomic E-state index is -1.68. The second-order valence-corrected chi connectivity index (χ2v) is 19.3. The Balaban J connectivity index is 1.21. The molecule has 2 heterocycles. The van der Waals surface area contributed by atoms with Crippen molar-refractivity contribution in [2.75, 3.05) is 13.2 Å². The van der Waals surface area contributed by atoms with Gasteiger partial charge >= 0.3 is 5.97 Å². The molecule has 21 nitrogen and oxygen atoms in total. The number of fused-ring (bicyclic) bond motifs is 2. The first kappa shape index (κ1) is 57.0. The van der Waals surface area contributed by atoms with Crippen LogP contribution in [-0.4, -0.2) is 127 Å². The number of nitrogens with one attached hydrogen (secondary N) is 8. The highest BCUT2D eigenvalue weighted by Crippen LogP contribution is 2.22. The Morgan fingerprint density at radius 1 is 0.513 bits per heavy atom. The number of carboxylic acid groups (broad SMARTS) is 1. The lowest BCUT2D eigenvalue weighted by molar-refractivity contribution is -0.142. The fraction of sp³-hybridized carbons (Fsp3) is 0.364. The van der Waals surface area contributed by atoms with E-state index < -0.39 is 90.3 Å². The number of carboxylic acids is 1. The Kier molecular flexibility index (Phi) is 20.5. The topological polar surface area (TPSA) is 356 Å². The number of amides is 6. The number of hydrogen-bond donors (Lipinski definition) is 14. The van der Waals surface area contributed by atoms with Crippen LogP contribution in [0.25, 0.3) is 21.8 Å². The molecule has 0 saturated heterocycles. The van der Waals surface area contributed by atoms with Gasteiger partial charge in [-0.2, -0.15) is 0 Å². The average molecular weight is 1050 g/mol. The molecule has 6 rings (SSSR count). The smallest absolute Gasteiger partial charge is 0.326 e. The van der Waals surface area contributed by atoms with Gasteiger partial charge in [0, 0.05) is 59.9 Å². The zero-order valence-corrected chi connectivity index (χ0v) is 42.4. The van der Waals surface area contributed by atoms with Crippen LogP contribution < -0.4 is 43.4 Å². The van der Waals surface area contributed by atoms with E-state index in [1.54, 1.807) is 50.5 Å². The van der Waals surface area contributed by atoms with Crippen LogP contribution in [0.15, 0.2) is 109 Å². The largest absolute Gasteiger partial charge is 0.508 e. The number of unbranched alkanes of at least 4 members (excludes halogenated alkanes) is 1. The molecule has 4 aromatic carbocycles. The second-order valence-electron chi connectivity index (χ2n) is 19.3. The third-order valence-corrected chi connectivity index (χ3v) is 12.9. The minimum absolute atomic E-state index is 0.0113. The van der Waals surface area contributed by atoms with Crippen molar-refractivity contribution in [2.45, 2.75) is 108 Å². The number of aromatic hydroxyl groups is 2. The summed E-state index contributed by atoms with van der Waals surface area (Å²) in [4.78, 5) is 104. The van der Waals surface area contributed by atoms with Crippen LogP contribution in [0.4, 0.5) is 0 Å². The molecule has 0 fully saturated rings. The highest BCUT2D eigenvalue weighted by molar-refractivity contribution is 5.98. The highest BCUT2D eigenvalue weighted by Gasteiger charge is 2.35. The molecule has 6 amide bonds. The van der Waals surface area contributed by atoms with Crippen LogP contribution in [0, 0.1) is 5.92 Å². The lowest BCUT2D eigenvalue weighted by Gasteiger charge is -2.28. The van der Waals surface area contributed by atoms with Crippen LogP contribution in [0.3, 0.4) is 0 Å². The summed E-state index contributed by atoms with van der Waals surface area (Å²) in [6, 6.07) is 16.8. The summed E-state index contributed by atoms with van der Waals surface area (Å²) >= 11 is 0. The molecule has 0 bridgehead atoms. The fourth-order valence-electron chi connectivity index (χ4n) is 8.78. The summed E-state index contributed by atoms with van der Waals surface area (Å²) in [5.41, 5.74) is 15.6. The van der Waals surface area contributed by atoms with Gasteiger partial charge in [-0.3, -0.25) is 28.8 Å². The van der Waals surface area contributed by atoms with Crippen molar-refractivity contribution >= 4 is 63.2 Å². The van der Waals surface area contributed by atoms with Gasteiger partial charge in [0.1, 0.15) is 47.8 Å². The maximum atomic E-state index is 14.5. The zero-order chi connectivity index (χ0) is 54.9. The summed E-state index contributed by atoms with van der Waals surface area (Å²) in [5.74, 6) is -6.62. The van der Waals surface area contributed by atoms with Crippen molar-refractivity contribution in [3.63, 3.8) is 0 Å². The third-order valence-electron chi connectivity index (χ3n) is 12.9. The van der Waals surface area contributed by atoms with Crippen LogP contribution in [0.2, 0.25) is 0 Å². The second kappa shape index (κ2) is 27.3. The fourth-order valence-corrected chi connectivity index (χ4v) is 8.78. The van der Waals surface area contributed by atoms with Crippen LogP contribution in [-0.2, 0) is 59.2 Å². The predicted octanol–water partition coefficient (Wildman–Crippen LogP) is 1.82. The van der Waals surface area contributed by atoms with E-state index in [2.05, 4.69) is 41.9 Å². The van der Waals surface area contributed by atoms with Crippen molar-refractivity contribution in [1.29, 1.82) is 0 Å². The maximum Gasteiger partial charge on any atom is 0.326 e. The molecule has 76 heavy (non-hydrogen) atoms. The number of H-pyrrole nitrogens is 2. The van der Waals surface area contributed by atoms with E-state index >= 15 is 0 Å². The van der Waals surface area contributed by atoms with Gasteiger partial charge in [-0.15, -0.1) is 0 Å². The number of para-hydroxylation sites is 2. The molecular weight excluding hydrogens is 977 g/mol. The molecule has 0 aliphatic rings. The Morgan fingerprint density at radius 2 is 0.908 bits per heavy atom. The molecule has 0 aliphatic carbocycles. The molecule has 0 spiro atoms. The summed E-state index contributed by atoms with van der Waals surface area (Å²) in [5, 5.41) is 58.2. The molecule has 6 aromatic rings. The van der Waals surface area contributed by atoms with Crippen molar-refractivity contribution in [3.05, 3.63) is 132 Å². The van der Waals surface area contributed by atoms with Crippen molar-refractivity contribution in [2.24, 2.45) is 17.4 Å². The Bertz CT molecular complexity index is 2940. The quantitative estimate of drug-likeness (QED) is 0.0312. The molecule has 0 radical (unpaired) electrons. The molecule has 7 atom stereocenters. The summed E-state index contributed by atoms with van der Waals surface area (Å²) in [7, 11) is 0. The molecule has 16 N–H and O–H groups in total. The van der Waals surface area contributed by atoms with Gasteiger partial charge in [0.2, 0.25) is 35.4 Å². The van der Waals surface area contributed by atoms with Gasteiger partial charge in [0.25, 0.3) is 0 Å². The van der Waals surface area contributed by atoms with Gasteiger partial charge in [0.15, 0.2) is 0 Å². The van der Waals surface area contributed by atoms with Crippen molar-refractivity contribution in [3.8, 4) is 11.5 Å². The number of carbonyl (C=O) groups is 7. The number of benzene rings is 4. The number of aliphatic carboxylic acids is 1. The standard InChI is InChI=1S/C55H68N10O11/c1-31(2)23-43(61-52(72)45(25-33-16-20-37(68)21-17-33)62-51(71)44(24-32-14-18-36(67)19-15-32)60-49(69)40(57)11-7-8-22-56)50(70)65-48(30-66)54(74)63-46(26-34-28-58-41-12-5-3-9-38(34)41)53(73)64-47(55(75)76)27-35-29-59-42-13-6-4-10-39(35)42/h3-6,9-10,12-21,28-29,31,40,43-48,58-59,66-68H,7-8,11,22-27,30,56-57H2,1-2H3,(H,60,69)(H,61,72)(H,62,71)(H,63,74)(H,64,73)(H,65,70)(H,75,76)/t40-,43-,44-,45-,46-,47-,48-/m0/s1. The van der Waals surface area contributed by atoms with Crippen LogP contribution in [0.1, 0.15) is 61.8 Å². The molecule has 0 saturated carbocycles. The lowest BCUT2D eigenvalue weighted by atomic mass is 9.99. The highest BCUT2D eigenvalue weighted by atomic mass is 16.4. The van der Waals surface area contributed by atoms with Gasteiger partial charge in [-0.05, 0) is 90.4 Å². The number of carbonyl (C=O) groups excluding carboxylic acids is 6. The molecule has 2 aromatic heterocycles. The van der Waals surface area contributed by atoms with E-state index in [0.717, 1.165) is 21.8 Å². The minimum Gasteiger partial charge on any atom is -0.508 e. The number of hydrogen-bond acceptors (Lipinski definition) is 12. The third kappa shape index (κ3) is 16.1. The molecule has 21 heteroatoms. The summed E-state index contributed by atoms with van der Waals surface area (Å²) < 4.78 is 0. The Labute approximate surface area is 439 Å². The number of aliphatic hydroxyl groups excluding tert-OH is 1. The van der Waals surface area contributed by atoms with Crippen molar-refractivity contribution in [1.82, 2.24) is 41.9 Å². The van der Waals surface area contributed by atoms with E-state index in [4.69, 9.17) is 11.5 Å². The van der Waals surface area contributed by atoms with E-state index in [1.807, 2.05) is 36.4 Å². The SMILES string of the molecule is CC(C)C[C@H](NC(=O)[C@H](Cc1ccc(O)cc1)NC(=O)[C@H](Cc1ccc(O)cc1)NC(=O)[C@@H](N)CCCCN)C(=O)N[C@@H](CO)C(=O)N[C@@H](Cc1c[nH]c2ccccc12)C(=O)N[C@@H](Cc1c[nH]c2ccccc12)C(=O)O. The number of phenolic OH excluding ortho intramolecular Hbond substituents is 2. The summed E-state index contributed by atoms with van der Waals surface area (Å²) in [6.07, 6.45) is 4.37. The van der Waals surface area contributed by atoms with E-state index in [0.29, 0.717) is 48.1 Å². The predicted molar refractivity (Wildman–Crippen MR) is 284 cm³/mol. The van der Waals surface area contributed by atoms with E-state index in [9.17, 15) is 54.0 Å². The summed E-state index contributed by atoms with van der Waals surface area (Å²) in [6.45, 7) is 3.02. The van der Waals surface area contributed by atoms with Crippen LogP contribution >= 0.6 is 0 Å². The van der Waals surface area contributed by atoms with Gasteiger partial charge in [-0.25, -0.2) is 4.79 Å². The van der Waals surface area contributed by atoms with E-state index in [1.165, 1.54) is 36.4 Å². The number of nitrogens with two attached hydrogens (primary N) is 2. The number of aliphatic hydroxyl groups is 1. The van der Waals surface area contributed by atoms with Gasteiger partial charge < -0.3 is 73.8 Å². The average Bonchev–Trinajstić information content (AvgIpc) is 4.01. The van der Waals surface area contributed by atoms with Crippen molar-refractivity contribution < 1.29 is 54.0 Å².